The number of benzene rings is 1. The Hall–Kier alpha value is -2.67. The highest BCUT2D eigenvalue weighted by molar-refractivity contribution is 5.78. The van der Waals surface area contributed by atoms with Crippen LogP contribution in [0.3, 0.4) is 0 Å². The molecule has 5 fully saturated rings. The van der Waals surface area contributed by atoms with Gasteiger partial charge in [0.1, 0.15) is 11.5 Å². The summed E-state index contributed by atoms with van der Waals surface area (Å²) in [5.41, 5.74) is 2.10. The fraction of sp³-hybridized carbons (Fsp3) is 0.676. The van der Waals surface area contributed by atoms with E-state index in [1.54, 1.807) is 4.90 Å². The monoisotopic (exact) mass is 558 g/mol. The number of para-hydroxylation sites is 2. The number of aliphatic hydroxyl groups is 1. The Labute approximate surface area is 243 Å². The number of amides is 1. The summed E-state index contributed by atoms with van der Waals surface area (Å²) < 4.78 is 2.06. The molecule has 2 aliphatic carbocycles. The SMILES string of the molecule is C=C(O)CN1C(=O)CCCC1c1nc2ccccc2n([C@H]2C[C@H]3CCC[C@@H](C2)N3[C@H]2C[C@@H]3C[C@@H](C)C[C@@H](C3)C2)c1=O. The minimum absolute atomic E-state index is 0.0438. The van der Waals surface area contributed by atoms with Crippen LogP contribution in [0.25, 0.3) is 11.0 Å². The quantitative estimate of drug-likeness (QED) is 0.436. The van der Waals surface area contributed by atoms with Gasteiger partial charge in [-0.05, 0) is 101 Å². The Morgan fingerprint density at radius 3 is 2.32 bits per heavy atom. The molecule has 5 aliphatic rings. The van der Waals surface area contributed by atoms with Gasteiger partial charge in [-0.3, -0.25) is 14.5 Å². The molecule has 4 bridgehead atoms. The lowest BCUT2D eigenvalue weighted by atomic mass is 9.65. The number of carbonyl (C=O) groups is 1. The zero-order valence-electron chi connectivity index (χ0n) is 24.6. The van der Waals surface area contributed by atoms with Gasteiger partial charge in [-0.1, -0.05) is 32.1 Å². The molecular formula is C34H46N4O3. The van der Waals surface area contributed by atoms with Crippen LogP contribution < -0.4 is 5.56 Å². The van der Waals surface area contributed by atoms with Gasteiger partial charge in [0.2, 0.25) is 5.91 Å². The van der Waals surface area contributed by atoms with Gasteiger partial charge in [-0.2, -0.15) is 0 Å². The van der Waals surface area contributed by atoms with Crippen LogP contribution in [0.15, 0.2) is 41.4 Å². The fourth-order valence-electron chi connectivity index (χ4n) is 9.94. The van der Waals surface area contributed by atoms with Gasteiger partial charge in [-0.25, -0.2) is 4.98 Å². The van der Waals surface area contributed by atoms with Gasteiger partial charge in [0, 0.05) is 30.6 Å². The lowest BCUT2D eigenvalue weighted by Gasteiger charge is -2.56. The Bertz CT molecular complexity index is 1350. The second kappa shape index (κ2) is 10.9. The van der Waals surface area contributed by atoms with Gasteiger partial charge in [0.05, 0.1) is 23.6 Å². The first kappa shape index (κ1) is 27.2. The third-order valence-corrected chi connectivity index (χ3v) is 11.2. The van der Waals surface area contributed by atoms with E-state index in [1.165, 1.54) is 51.4 Å². The topological polar surface area (TPSA) is 78.7 Å². The summed E-state index contributed by atoms with van der Waals surface area (Å²) in [6.07, 6.45) is 14.6. The summed E-state index contributed by atoms with van der Waals surface area (Å²) in [5, 5.41) is 9.98. The van der Waals surface area contributed by atoms with Gasteiger partial charge in [0.25, 0.3) is 5.56 Å². The number of aromatic nitrogens is 2. The van der Waals surface area contributed by atoms with Crippen LogP contribution in [-0.2, 0) is 4.79 Å². The van der Waals surface area contributed by atoms with Crippen molar-refractivity contribution in [3.8, 4) is 0 Å². The molecule has 2 saturated carbocycles. The van der Waals surface area contributed by atoms with Crippen molar-refractivity contribution in [3.05, 3.63) is 52.7 Å². The lowest BCUT2D eigenvalue weighted by Crippen LogP contribution is -2.59. The van der Waals surface area contributed by atoms with E-state index in [1.807, 2.05) is 24.3 Å². The average Bonchev–Trinajstić information content (AvgIpc) is 2.92. The van der Waals surface area contributed by atoms with E-state index in [9.17, 15) is 14.7 Å². The van der Waals surface area contributed by atoms with Crippen LogP contribution in [0, 0.1) is 17.8 Å². The Kier molecular flexibility index (Phi) is 7.21. The highest BCUT2D eigenvalue weighted by Gasteiger charge is 2.46. The number of likely N-dealkylation sites (tertiary alicyclic amines) is 1. The molecule has 7 rings (SSSR count). The number of rotatable bonds is 5. The van der Waals surface area contributed by atoms with Gasteiger partial charge in [-0.15, -0.1) is 0 Å². The number of nitrogens with zero attached hydrogens (tertiary/aromatic N) is 4. The van der Waals surface area contributed by atoms with E-state index >= 15 is 0 Å². The molecule has 3 saturated heterocycles. The van der Waals surface area contributed by atoms with E-state index < -0.39 is 6.04 Å². The molecule has 7 nitrogen and oxygen atoms in total. The molecule has 1 aromatic heterocycles. The van der Waals surface area contributed by atoms with Crippen molar-refractivity contribution >= 4 is 16.9 Å². The van der Waals surface area contributed by atoms with Crippen LogP contribution in [0.1, 0.15) is 108 Å². The first-order valence-corrected chi connectivity index (χ1v) is 16.3. The second-order valence-electron chi connectivity index (χ2n) is 14.1. The maximum Gasteiger partial charge on any atom is 0.275 e. The number of aliphatic hydroxyl groups excluding tert-OH is 1. The molecule has 2 aromatic rings. The summed E-state index contributed by atoms with van der Waals surface area (Å²) in [5.74, 6) is 2.56. The standard InChI is InChI=1S/C34H46N4O3/c1-21-13-23-15-24(14-21)17-27(16-23)37-25-7-5-8-26(37)19-28(18-25)38-30-10-4-3-9-29(30)35-33(34(38)41)31-11-6-12-32(40)36(31)20-22(2)39/h3-4,9-10,21,23-28,31,39H,2,5-8,11-20H2,1H3/t21-,23-,24+,25-,26+,27+,28+,31?. The van der Waals surface area contributed by atoms with E-state index in [4.69, 9.17) is 4.98 Å². The normalized spacial score (nSPS) is 35.9. The van der Waals surface area contributed by atoms with Gasteiger partial charge >= 0.3 is 0 Å². The lowest BCUT2D eigenvalue weighted by molar-refractivity contribution is -0.136. The smallest absolute Gasteiger partial charge is 0.275 e. The highest BCUT2D eigenvalue weighted by Crippen LogP contribution is 2.48. The molecule has 1 amide bonds. The van der Waals surface area contributed by atoms with E-state index in [0.717, 1.165) is 48.0 Å². The van der Waals surface area contributed by atoms with Crippen molar-refractivity contribution in [2.75, 3.05) is 6.54 Å². The predicted molar refractivity (Wildman–Crippen MR) is 161 cm³/mol. The van der Waals surface area contributed by atoms with Gasteiger partial charge < -0.3 is 14.6 Å². The Morgan fingerprint density at radius 1 is 0.902 bits per heavy atom. The molecular weight excluding hydrogens is 512 g/mol. The summed E-state index contributed by atoms with van der Waals surface area (Å²) >= 11 is 0. The molecule has 1 aromatic carbocycles. The number of hydrogen-bond acceptors (Lipinski definition) is 5. The van der Waals surface area contributed by atoms with Gasteiger partial charge in [0.15, 0.2) is 0 Å². The maximum absolute atomic E-state index is 14.4. The second-order valence-corrected chi connectivity index (χ2v) is 14.1. The highest BCUT2D eigenvalue weighted by atomic mass is 16.3. The zero-order valence-corrected chi connectivity index (χ0v) is 24.6. The fourth-order valence-corrected chi connectivity index (χ4v) is 9.94. The van der Waals surface area contributed by atoms with Crippen LogP contribution in [-0.4, -0.2) is 55.0 Å². The summed E-state index contributed by atoms with van der Waals surface area (Å²) in [4.78, 5) is 36.8. The van der Waals surface area contributed by atoms with Crippen LogP contribution in [0.4, 0.5) is 0 Å². The molecule has 0 spiro atoms. The Morgan fingerprint density at radius 2 is 1.61 bits per heavy atom. The number of hydrogen-bond donors (Lipinski definition) is 1. The van der Waals surface area contributed by atoms with Crippen molar-refractivity contribution in [1.29, 1.82) is 0 Å². The summed E-state index contributed by atoms with van der Waals surface area (Å²) in [6, 6.07) is 9.47. The first-order chi connectivity index (χ1) is 19.9. The van der Waals surface area contributed by atoms with E-state index in [2.05, 4.69) is 23.0 Å². The molecule has 3 aliphatic heterocycles. The van der Waals surface area contributed by atoms with Crippen LogP contribution in [0.5, 0.6) is 0 Å². The van der Waals surface area contributed by atoms with Crippen LogP contribution >= 0.6 is 0 Å². The third kappa shape index (κ3) is 5.02. The molecule has 220 valence electrons. The molecule has 0 radical (unpaired) electrons. The minimum atomic E-state index is -0.438. The maximum atomic E-state index is 14.4. The van der Waals surface area contributed by atoms with Crippen molar-refractivity contribution < 1.29 is 9.90 Å². The molecule has 1 N–H and O–H groups in total. The number of piperidine rings is 3. The number of fused-ring (bicyclic) bond motifs is 5. The van der Waals surface area contributed by atoms with Crippen molar-refractivity contribution in [1.82, 2.24) is 19.4 Å². The molecule has 1 unspecified atom stereocenters. The zero-order chi connectivity index (χ0) is 28.2. The molecule has 41 heavy (non-hydrogen) atoms. The van der Waals surface area contributed by atoms with E-state index in [-0.39, 0.29) is 29.8 Å². The van der Waals surface area contributed by atoms with Crippen molar-refractivity contribution in [3.63, 3.8) is 0 Å². The Balaban J connectivity index is 1.23. The molecule has 4 heterocycles. The molecule has 7 heteroatoms. The van der Waals surface area contributed by atoms with Crippen molar-refractivity contribution in [2.45, 2.75) is 121 Å². The number of carbonyl (C=O) groups excluding carboxylic acids is 1. The summed E-state index contributed by atoms with van der Waals surface area (Å²) in [6.45, 7) is 6.12. The van der Waals surface area contributed by atoms with Crippen molar-refractivity contribution in [2.24, 2.45) is 17.8 Å². The molecule has 8 atom stereocenters. The summed E-state index contributed by atoms with van der Waals surface area (Å²) in [7, 11) is 0. The minimum Gasteiger partial charge on any atom is -0.511 e. The largest absolute Gasteiger partial charge is 0.511 e. The average molecular weight is 559 g/mol. The first-order valence-electron chi connectivity index (χ1n) is 16.3. The van der Waals surface area contributed by atoms with E-state index in [0.29, 0.717) is 36.7 Å². The van der Waals surface area contributed by atoms with Crippen LogP contribution in [0.2, 0.25) is 0 Å². The third-order valence-electron chi connectivity index (χ3n) is 11.2. The predicted octanol–water partition coefficient (Wildman–Crippen LogP) is 6.29.